The first kappa shape index (κ1) is 22.4. The Kier molecular flexibility index (Phi) is 6.69. The normalized spacial score (nSPS) is 13.4. The number of aliphatic carboxylic acids is 1. The molecule has 2 aromatic rings. The molecule has 0 aliphatic rings. The van der Waals surface area contributed by atoms with E-state index in [2.05, 4.69) is 6.92 Å². The molecule has 3 N–H and O–H groups in total. The second-order valence-corrected chi connectivity index (χ2v) is 8.03. The highest BCUT2D eigenvalue weighted by Crippen LogP contribution is 2.29. The summed E-state index contributed by atoms with van der Waals surface area (Å²) in [6.45, 7) is 7.08. The van der Waals surface area contributed by atoms with E-state index in [9.17, 15) is 14.7 Å². The Morgan fingerprint density at radius 3 is 2.17 bits per heavy atom. The molecular formula is C23H29NO5. The average molecular weight is 399 g/mol. The lowest BCUT2D eigenvalue weighted by Gasteiger charge is -2.28. The molecule has 0 saturated carbocycles. The molecule has 0 unspecified atom stereocenters. The maximum atomic E-state index is 12.4. The van der Waals surface area contributed by atoms with E-state index in [0.29, 0.717) is 5.56 Å². The maximum absolute atomic E-state index is 12.4. The molecule has 0 radical (unpaired) electrons. The van der Waals surface area contributed by atoms with Gasteiger partial charge in [-0.1, -0.05) is 37.3 Å². The molecule has 0 aromatic heterocycles. The summed E-state index contributed by atoms with van der Waals surface area (Å²) in [6.07, 6.45) is 0.679. The minimum Gasteiger partial charge on any atom is -0.497 e. The van der Waals surface area contributed by atoms with Crippen LogP contribution in [0.25, 0.3) is 11.1 Å². The zero-order chi connectivity index (χ0) is 21.8. The van der Waals surface area contributed by atoms with Crippen molar-refractivity contribution in [2.75, 3.05) is 7.11 Å². The summed E-state index contributed by atoms with van der Waals surface area (Å²) < 4.78 is 10.5. The molecule has 0 amide bonds. The van der Waals surface area contributed by atoms with Crippen LogP contribution in [0.4, 0.5) is 0 Å². The third-order valence-electron chi connectivity index (χ3n) is 4.59. The van der Waals surface area contributed by atoms with Crippen molar-refractivity contribution in [2.45, 2.75) is 51.7 Å². The first-order chi connectivity index (χ1) is 13.5. The zero-order valence-electron chi connectivity index (χ0n) is 17.6. The van der Waals surface area contributed by atoms with Gasteiger partial charge in [-0.25, -0.2) is 9.59 Å². The summed E-state index contributed by atoms with van der Waals surface area (Å²) in [5.74, 6) is -1.57. The molecule has 6 nitrogen and oxygen atoms in total. The van der Waals surface area contributed by atoms with Crippen LogP contribution in [0.2, 0.25) is 0 Å². The standard InChI is InChI=1S/C23H29NO5/c1-6-16-13-18(28-5)11-12-19(16)17-9-7-15(8-10-17)14-23(24,20(25)26)21(27)29-22(2,3)4/h7-13H,6,14,24H2,1-5H3,(H,25,26)/t23-/m0/s1. The largest absolute Gasteiger partial charge is 0.497 e. The highest BCUT2D eigenvalue weighted by atomic mass is 16.6. The van der Waals surface area contributed by atoms with Gasteiger partial charge >= 0.3 is 11.9 Å². The first-order valence-electron chi connectivity index (χ1n) is 9.52. The molecule has 6 heteroatoms. The third kappa shape index (κ3) is 5.35. The van der Waals surface area contributed by atoms with Crippen molar-refractivity contribution in [1.82, 2.24) is 0 Å². The van der Waals surface area contributed by atoms with Crippen molar-refractivity contribution in [1.29, 1.82) is 0 Å². The fourth-order valence-corrected chi connectivity index (χ4v) is 3.00. The van der Waals surface area contributed by atoms with Crippen molar-refractivity contribution in [3.63, 3.8) is 0 Å². The van der Waals surface area contributed by atoms with E-state index >= 15 is 0 Å². The number of hydrogen-bond acceptors (Lipinski definition) is 5. The Balaban J connectivity index is 2.29. The Bertz CT molecular complexity index is 883. The van der Waals surface area contributed by atoms with Gasteiger partial charge in [0.2, 0.25) is 5.54 Å². The second kappa shape index (κ2) is 8.66. The smallest absolute Gasteiger partial charge is 0.338 e. The first-order valence-corrected chi connectivity index (χ1v) is 9.52. The van der Waals surface area contributed by atoms with Gasteiger partial charge in [0.25, 0.3) is 0 Å². The van der Waals surface area contributed by atoms with Gasteiger partial charge in [0.05, 0.1) is 7.11 Å². The van der Waals surface area contributed by atoms with Crippen LogP contribution in [-0.2, 0) is 27.2 Å². The topological polar surface area (TPSA) is 98.9 Å². The number of carbonyl (C=O) groups is 2. The molecule has 0 spiro atoms. The lowest BCUT2D eigenvalue weighted by Crippen LogP contribution is -2.58. The van der Waals surface area contributed by atoms with Crippen LogP contribution in [0.1, 0.15) is 38.8 Å². The number of hydrogen-bond donors (Lipinski definition) is 2. The number of benzene rings is 2. The number of carbonyl (C=O) groups excluding carboxylic acids is 1. The number of rotatable bonds is 7. The van der Waals surface area contributed by atoms with Gasteiger partial charge in [-0.05, 0) is 61.6 Å². The van der Waals surface area contributed by atoms with Crippen molar-refractivity contribution < 1.29 is 24.2 Å². The average Bonchev–Trinajstić information content (AvgIpc) is 2.66. The van der Waals surface area contributed by atoms with Gasteiger partial charge in [0.15, 0.2) is 0 Å². The van der Waals surface area contributed by atoms with E-state index in [1.165, 1.54) is 0 Å². The van der Waals surface area contributed by atoms with Gasteiger partial charge < -0.3 is 20.3 Å². The summed E-state index contributed by atoms with van der Waals surface area (Å²) in [7, 11) is 1.63. The van der Waals surface area contributed by atoms with Gasteiger partial charge in [0.1, 0.15) is 11.4 Å². The van der Waals surface area contributed by atoms with E-state index in [-0.39, 0.29) is 6.42 Å². The molecule has 29 heavy (non-hydrogen) atoms. The minimum absolute atomic E-state index is 0.166. The Morgan fingerprint density at radius 2 is 1.69 bits per heavy atom. The van der Waals surface area contributed by atoms with Crippen molar-refractivity contribution in [2.24, 2.45) is 5.73 Å². The molecular weight excluding hydrogens is 370 g/mol. The molecule has 0 fully saturated rings. The minimum atomic E-state index is -2.15. The fraction of sp³-hybridized carbons (Fsp3) is 0.391. The molecule has 0 aliphatic carbocycles. The van der Waals surface area contributed by atoms with Crippen molar-refractivity contribution in [3.8, 4) is 16.9 Å². The van der Waals surface area contributed by atoms with Gasteiger partial charge in [-0.15, -0.1) is 0 Å². The summed E-state index contributed by atoms with van der Waals surface area (Å²) in [4.78, 5) is 24.2. The van der Waals surface area contributed by atoms with Crippen LogP contribution in [0.5, 0.6) is 5.75 Å². The van der Waals surface area contributed by atoms with Crippen LogP contribution in [0, 0.1) is 0 Å². The molecule has 1 atom stereocenters. The number of nitrogens with two attached hydrogens (primary N) is 1. The van der Waals surface area contributed by atoms with Crippen LogP contribution >= 0.6 is 0 Å². The Labute approximate surface area is 171 Å². The molecule has 0 saturated heterocycles. The number of ether oxygens (including phenoxy) is 2. The maximum Gasteiger partial charge on any atom is 0.338 e. The quantitative estimate of drug-likeness (QED) is 0.545. The van der Waals surface area contributed by atoms with Crippen LogP contribution in [-0.4, -0.2) is 35.3 Å². The predicted octanol–water partition coefficient (Wildman–Crippen LogP) is 3.59. The van der Waals surface area contributed by atoms with Gasteiger partial charge in [0, 0.05) is 6.42 Å². The monoisotopic (exact) mass is 399 g/mol. The number of aryl methyl sites for hydroxylation is 1. The van der Waals surface area contributed by atoms with Gasteiger partial charge in [-0.2, -0.15) is 0 Å². The molecule has 0 heterocycles. The summed E-state index contributed by atoms with van der Waals surface area (Å²) in [5, 5.41) is 9.57. The molecule has 0 bridgehead atoms. The second-order valence-electron chi connectivity index (χ2n) is 8.03. The molecule has 2 aromatic carbocycles. The molecule has 156 valence electrons. The number of carboxylic acid groups (broad SMARTS) is 1. The summed E-state index contributed by atoms with van der Waals surface area (Å²) in [6, 6.07) is 13.3. The lowest BCUT2D eigenvalue weighted by atomic mass is 9.90. The summed E-state index contributed by atoms with van der Waals surface area (Å²) in [5.41, 5.74) is 6.83. The van der Waals surface area contributed by atoms with Crippen molar-refractivity contribution in [3.05, 3.63) is 53.6 Å². The fourth-order valence-electron chi connectivity index (χ4n) is 3.00. The lowest BCUT2D eigenvalue weighted by molar-refractivity contribution is -0.169. The number of methoxy groups -OCH3 is 1. The Morgan fingerprint density at radius 1 is 1.07 bits per heavy atom. The van der Waals surface area contributed by atoms with E-state index in [4.69, 9.17) is 15.2 Å². The predicted molar refractivity (Wildman–Crippen MR) is 112 cm³/mol. The van der Waals surface area contributed by atoms with E-state index in [1.54, 1.807) is 40.0 Å². The van der Waals surface area contributed by atoms with E-state index in [1.807, 2.05) is 30.3 Å². The number of carboxylic acids is 1. The molecule has 2 rings (SSSR count). The SMILES string of the molecule is CCc1cc(OC)ccc1-c1ccc(C[C@](N)(C(=O)O)C(=O)OC(C)(C)C)cc1. The Hall–Kier alpha value is -2.86. The highest BCUT2D eigenvalue weighted by molar-refractivity contribution is 6.04. The number of esters is 1. The van der Waals surface area contributed by atoms with Crippen LogP contribution in [0.3, 0.4) is 0 Å². The van der Waals surface area contributed by atoms with Crippen LogP contribution in [0.15, 0.2) is 42.5 Å². The third-order valence-corrected chi connectivity index (χ3v) is 4.59. The highest BCUT2D eigenvalue weighted by Gasteiger charge is 2.45. The molecule has 0 aliphatic heterocycles. The zero-order valence-corrected chi connectivity index (χ0v) is 17.6. The van der Waals surface area contributed by atoms with Gasteiger partial charge in [-0.3, -0.25) is 0 Å². The van der Waals surface area contributed by atoms with Crippen LogP contribution < -0.4 is 10.5 Å². The van der Waals surface area contributed by atoms with Crippen molar-refractivity contribution >= 4 is 11.9 Å². The van der Waals surface area contributed by atoms with E-state index < -0.39 is 23.1 Å². The van der Waals surface area contributed by atoms with E-state index in [0.717, 1.165) is 28.9 Å². The summed E-state index contributed by atoms with van der Waals surface area (Å²) >= 11 is 0.